The summed E-state index contributed by atoms with van der Waals surface area (Å²) in [6.07, 6.45) is 9.03. The van der Waals surface area contributed by atoms with Crippen molar-refractivity contribution >= 4 is 0 Å². The molecule has 0 aliphatic rings. The van der Waals surface area contributed by atoms with Crippen LogP contribution in [0, 0.1) is 13.8 Å². The molecule has 0 aliphatic heterocycles. The summed E-state index contributed by atoms with van der Waals surface area (Å²) >= 11 is 0. The van der Waals surface area contributed by atoms with Crippen molar-refractivity contribution in [3.8, 4) is 11.5 Å². The third-order valence-corrected chi connectivity index (χ3v) is 5.18. The Kier molecular flexibility index (Phi) is 36.8. The quantitative estimate of drug-likeness (QED) is 0.0831. The molecule has 2 rings (SSSR count). The molecule has 2 aromatic rings. The summed E-state index contributed by atoms with van der Waals surface area (Å²) in [5, 5.41) is 18.7. The number of rotatable bonds is 12. The molecule has 0 spiro atoms. The lowest BCUT2D eigenvalue weighted by Crippen LogP contribution is -2.06. The van der Waals surface area contributed by atoms with Crippen molar-refractivity contribution in [2.45, 2.75) is 116 Å². The smallest absolute Gasteiger partial charge is 0.221 e. The fraction of sp³-hybridized carbons (Fsp3) is 0.526. The van der Waals surface area contributed by atoms with E-state index in [0.717, 1.165) is 28.9 Å². The lowest BCUT2D eigenvalue weighted by Gasteiger charge is -2.15. The highest BCUT2D eigenvalue weighted by atomic mass is 17.2. The van der Waals surface area contributed by atoms with Gasteiger partial charge in [0.05, 0.1) is 6.61 Å². The van der Waals surface area contributed by atoms with Gasteiger partial charge in [-0.3, -0.25) is 0 Å². The lowest BCUT2D eigenvalue weighted by molar-refractivity contribution is -0.323. The predicted molar refractivity (Wildman–Crippen MR) is 189 cm³/mol. The highest BCUT2D eigenvalue weighted by Gasteiger charge is 2.11. The number of aryl methyl sites for hydroxylation is 2. The van der Waals surface area contributed by atoms with Crippen LogP contribution in [0.4, 0.5) is 0 Å². The number of hydrogen-bond acceptors (Lipinski definition) is 5. The van der Waals surface area contributed by atoms with Crippen molar-refractivity contribution in [2.75, 3.05) is 20.0 Å². The second-order valence-corrected chi connectivity index (χ2v) is 8.90. The zero-order valence-electron chi connectivity index (χ0n) is 30.1. The van der Waals surface area contributed by atoms with E-state index in [1.54, 1.807) is 12.1 Å². The number of benzene rings is 2. The van der Waals surface area contributed by atoms with Gasteiger partial charge in [0.15, 0.2) is 0 Å². The van der Waals surface area contributed by atoms with Crippen LogP contribution in [0.2, 0.25) is 0 Å². The summed E-state index contributed by atoms with van der Waals surface area (Å²) in [7, 11) is 0. The van der Waals surface area contributed by atoms with Gasteiger partial charge in [-0.15, -0.1) is 0 Å². The van der Waals surface area contributed by atoms with Gasteiger partial charge in [0, 0.05) is 6.61 Å². The number of aliphatic hydroxyl groups is 1. The Hall–Kier alpha value is -2.86. The Balaban J connectivity index is -0.000000399. The van der Waals surface area contributed by atoms with Crippen LogP contribution >= 0.6 is 0 Å². The summed E-state index contributed by atoms with van der Waals surface area (Å²) in [5.41, 5.74) is 7.00. The predicted octanol–water partition coefficient (Wildman–Crippen LogP) is 11.2. The maximum atomic E-state index is 10.0. The summed E-state index contributed by atoms with van der Waals surface area (Å²) in [6, 6.07) is 9.82. The van der Waals surface area contributed by atoms with Gasteiger partial charge in [0.1, 0.15) is 11.5 Å². The van der Waals surface area contributed by atoms with Crippen molar-refractivity contribution < 1.29 is 24.7 Å². The zero-order valence-corrected chi connectivity index (χ0v) is 30.1. The minimum Gasteiger partial charge on any atom is -0.508 e. The number of phenolic OH excluding ortho intramolecular Hbond substituents is 1. The van der Waals surface area contributed by atoms with Gasteiger partial charge in [-0.05, 0) is 92.5 Å². The molecule has 0 saturated carbocycles. The van der Waals surface area contributed by atoms with Gasteiger partial charge in [-0.2, -0.15) is 4.89 Å². The first-order chi connectivity index (χ1) is 20.7. The molecule has 5 nitrogen and oxygen atoms in total. The molecule has 2 aromatic carbocycles. The van der Waals surface area contributed by atoms with Gasteiger partial charge in [0.25, 0.3) is 0 Å². The van der Waals surface area contributed by atoms with Crippen molar-refractivity contribution in [3.63, 3.8) is 0 Å². The number of aromatic hydroxyl groups is 1. The number of phenols is 1. The minimum absolute atomic E-state index is 0.000629. The van der Waals surface area contributed by atoms with Crippen LogP contribution in [-0.2, 0) is 16.2 Å². The molecule has 0 bridgehead atoms. The monoisotopic (exact) mass is 602 g/mol. The van der Waals surface area contributed by atoms with Crippen LogP contribution in [0.3, 0.4) is 0 Å². The van der Waals surface area contributed by atoms with Crippen LogP contribution in [0.5, 0.6) is 11.5 Å². The van der Waals surface area contributed by atoms with Crippen LogP contribution in [-0.4, -0.2) is 30.2 Å². The molecule has 0 aliphatic carbocycles. The van der Waals surface area contributed by atoms with Crippen LogP contribution in [0.25, 0.3) is 0 Å². The van der Waals surface area contributed by atoms with Gasteiger partial charge in [-0.1, -0.05) is 118 Å². The van der Waals surface area contributed by atoms with Crippen molar-refractivity contribution in [1.29, 1.82) is 0 Å². The van der Waals surface area contributed by atoms with Crippen LogP contribution in [0.15, 0.2) is 66.8 Å². The van der Waals surface area contributed by atoms with E-state index in [4.69, 9.17) is 19.6 Å². The van der Waals surface area contributed by atoms with E-state index < -0.39 is 0 Å². The topological polar surface area (TPSA) is 68.2 Å². The number of hydrogen-bond donors (Lipinski definition) is 2. The maximum absolute atomic E-state index is 10.0. The molecule has 0 unspecified atom stereocenters. The molecule has 5 heteroatoms. The van der Waals surface area contributed by atoms with E-state index in [9.17, 15) is 5.11 Å². The van der Waals surface area contributed by atoms with E-state index in [1.165, 1.54) is 16.7 Å². The van der Waals surface area contributed by atoms with Crippen molar-refractivity contribution in [3.05, 3.63) is 94.6 Å². The van der Waals surface area contributed by atoms with E-state index in [-0.39, 0.29) is 19.3 Å². The molecule has 0 aromatic heterocycles. The number of allylic oxidation sites excluding steroid dienone is 5. The van der Waals surface area contributed by atoms with Crippen molar-refractivity contribution in [2.24, 2.45) is 0 Å². The fourth-order valence-electron chi connectivity index (χ4n) is 3.33. The molecule has 248 valence electrons. The van der Waals surface area contributed by atoms with E-state index in [2.05, 4.69) is 54.2 Å². The van der Waals surface area contributed by atoms with Gasteiger partial charge >= 0.3 is 0 Å². The second kappa shape index (κ2) is 33.6. The lowest BCUT2D eigenvalue weighted by atomic mass is 9.93. The van der Waals surface area contributed by atoms with Gasteiger partial charge < -0.3 is 14.9 Å². The van der Waals surface area contributed by atoms with Gasteiger partial charge in [-0.25, -0.2) is 4.89 Å². The highest BCUT2D eigenvalue weighted by molar-refractivity contribution is 5.45. The minimum atomic E-state index is -0.000629. The SMILES string of the molecule is C=C/C=C\C=C(C)C.CC.CC.CC.CC.Cc1cc(OCOOCCCO)cc(C)c1Cc1ccc(O)c(C(C)C)c1. The van der Waals surface area contributed by atoms with E-state index >= 15 is 0 Å². The molecule has 43 heavy (non-hydrogen) atoms. The van der Waals surface area contributed by atoms with E-state index in [1.807, 2.05) is 91.8 Å². The first-order valence-electron chi connectivity index (χ1n) is 16.0. The largest absolute Gasteiger partial charge is 0.508 e. The maximum Gasteiger partial charge on any atom is 0.221 e. The summed E-state index contributed by atoms with van der Waals surface area (Å²) in [5.74, 6) is 1.36. The Labute approximate surface area is 266 Å². The Morgan fingerprint density at radius 3 is 1.88 bits per heavy atom. The fourth-order valence-corrected chi connectivity index (χ4v) is 3.33. The molecule has 0 saturated heterocycles. The third kappa shape index (κ3) is 24.3. The highest BCUT2D eigenvalue weighted by Crippen LogP contribution is 2.29. The second-order valence-electron chi connectivity index (χ2n) is 8.90. The zero-order chi connectivity index (χ0) is 34.2. The molecule has 0 amide bonds. The normalized spacial score (nSPS) is 9.30. The first kappa shape index (κ1) is 47.1. The summed E-state index contributed by atoms with van der Waals surface area (Å²) < 4.78 is 5.58. The average Bonchev–Trinajstić information content (AvgIpc) is 3.02. The van der Waals surface area contributed by atoms with Gasteiger partial charge in [0.2, 0.25) is 6.79 Å². The average molecular weight is 603 g/mol. The Morgan fingerprint density at radius 2 is 1.42 bits per heavy atom. The van der Waals surface area contributed by atoms with Crippen molar-refractivity contribution in [1.82, 2.24) is 0 Å². The molecule has 0 atom stereocenters. The molecular formula is C38H66O5. The van der Waals surface area contributed by atoms with E-state index in [0.29, 0.717) is 18.8 Å². The Morgan fingerprint density at radius 1 is 0.860 bits per heavy atom. The molecule has 0 radical (unpaired) electrons. The number of aliphatic hydroxyl groups excluding tert-OH is 1. The molecule has 0 fully saturated rings. The van der Waals surface area contributed by atoms with Crippen LogP contribution in [0.1, 0.15) is 123 Å². The third-order valence-electron chi connectivity index (χ3n) is 5.18. The standard InChI is InChI=1S/C22H30O5.C8H12.4C2H6/c1-15(2)20-12-18(6-7-22(20)24)13-21-16(3)10-19(11-17(21)4)25-14-27-26-9-5-8-23;1-4-5-6-7-8(2)3;4*1-2/h6-7,10-12,15,23-24H,5,8-9,13-14H2,1-4H3;4-7H,1H2,2-3H3;4*1-2H3/b;6-5-;;;;. The molecule has 0 heterocycles. The Bertz CT molecular complexity index is 947. The summed E-state index contributed by atoms with van der Waals surface area (Å²) in [6.45, 7) is 32.4. The van der Waals surface area contributed by atoms with Crippen LogP contribution < -0.4 is 4.74 Å². The molecule has 2 N–H and O–H groups in total. The number of ether oxygens (including phenoxy) is 1. The molecular weight excluding hydrogens is 536 g/mol. The summed E-state index contributed by atoms with van der Waals surface area (Å²) in [4.78, 5) is 9.83. The first-order valence-corrected chi connectivity index (χ1v) is 16.0.